The second-order valence-electron chi connectivity index (χ2n) is 5.86. The Labute approximate surface area is 162 Å². The van der Waals surface area contributed by atoms with Crippen molar-refractivity contribution in [1.82, 2.24) is 0 Å². The van der Waals surface area contributed by atoms with Gasteiger partial charge in [0.1, 0.15) is 17.3 Å². The number of halogens is 1. The molecule has 0 heterocycles. The Balaban J connectivity index is 0.000000198. The number of hydrogen-bond donors (Lipinski definition) is 0. The summed E-state index contributed by atoms with van der Waals surface area (Å²) in [5, 5.41) is 0. The Bertz CT molecular complexity index is 604. The van der Waals surface area contributed by atoms with Gasteiger partial charge in [0.25, 0.3) is 0 Å². The van der Waals surface area contributed by atoms with Crippen molar-refractivity contribution < 1.29 is 28.7 Å². The number of hydrogen-bond acceptors (Lipinski definition) is 6. The molecule has 0 unspecified atom stereocenters. The molecule has 3 aliphatic carbocycles. The minimum absolute atomic E-state index is 0.102. The molecule has 1 fully saturated rings. The number of ketones is 4. The lowest BCUT2D eigenvalue weighted by atomic mass is 10.3. The third kappa shape index (κ3) is 8.08. The SMILES string of the molecule is CCOC1=C(Br)C(=O)CC1.CCOC1=CC(=O)CC1.O=C1CCC(=O)C1. The van der Waals surface area contributed by atoms with Crippen molar-refractivity contribution >= 4 is 39.1 Å². The van der Waals surface area contributed by atoms with Crippen molar-refractivity contribution in [2.75, 3.05) is 13.2 Å². The van der Waals surface area contributed by atoms with Crippen molar-refractivity contribution in [3.63, 3.8) is 0 Å². The lowest BCUT2D eigenvalue weighted by molar-refractivity contribution is -0.121. The van der Waals surface area contributed by atoms with Crippen LogP contribution in [0.1, 0.15) is 58.8 Å². The monoisotopic (exact) mass is 428 g/mol. The molecule has 0 radical (unpaired) electrons. The van der Waals surface area contributed by atoms with Gasteiger partial charge in [-0.05, 0) is 29.8 Å². The van der Waals surface area contributed by atoms with Gasteiger partial charge in [-0.3, -0.25) is 19.2 Å². The maximum absolute atomic E-state index is 10.9. The van der Waals surface area contributed by atoms with E-state index in [0.29, 0.717) is 43.4 Å². The third-order valence-corrected chi connectivity index (χ3v) is 4.62. The van der Waals surface area contributed by atoms with Gasteiger partial charge >= 0.3 is 0 Å². The molecule has 7 heteroatoms. The van der Waals surface area contributed by atoms with E-state index in [1.165, 1.54) is 0 Å². The lowest BCUT2D eigenvalue weighted by Gasteiger charge is -2.01. The zero-order valence-corrected chi connectivity index (χ0v) is 16.9. The number of carbonyl (C=O) groups excluding carboxylic acids is 4. The van der Waals surface area contributed by atoms with Crippen molar-refractivity contribution in [3.8, 4) is 0 Å². The predicted octanol–water partition coefficient (Wildman–Crippen LogP) is 3.57. The van der Waals surface area contributed by atoms with Crippen LogP contribution in [0, 0.1) is 0 Å². The molecular formula is C19H25BrO6. The quantitative estimate of drug-likeness (QED) is 0.635. The normalized spacial score (nSPS) is 19.0. The molecule has 0 saturated heterocycles. The number of allylic oxidation sites excluding steroid dienone is 4. The highest BCUT2D eigenvalue weighted by atomic mass is 79.9. The van der Waals surface area contributed by atoms with Crippen molar-refractivity contribution in [2.24, 2.45) is 0 Å². The van der Waals surface area contributed by atoms with E-state index in [0.717, 1.165) is 24.4 Å². The van der Waals surface area contributed by atoms with Gasteiger partial charge in [-0.25, -0.2) is 0 Å². The van der Waals surface area contributed by atoms with E-state index >= 15 is 0 Å². The summed E-state index contributed by atoms with van der Waals surface area (Å²) in [6, 6.07) is 0. The van der Waals surface area contributed by atoms with Crippen LogP contribution in [0.25, 0.3) is 0 Å². The number of Topliss-reactive ketones (excluding diaryl/α,β-unsaturated/α-hetero) is 3. The van der Waals surface area contributed by atoms with E-state index in [1.54, 1.807) is 6.08 Å². The summed E-state index contributed by atoms with van der Waals surface area (Å²) in [5.41, 5.74) is 0. The van der Waals surface area contributed by atoms with Crippen LogP contribution in [0.3, 0.4) is 0 Å². The van der Waals surface area contributed by atoms with Gasteiger partial charge in [0.05, 0.1) is 29.9 Å². The maximum Gasteiger partial charge on any atom is 0.173 e. The molecule has 1 saturated carbocycles. The van der Waals surface area contributed by atoms with Crippen LogP contribution in [0.15, 0.2) is 22.1 Å². The van der Waals surface area contributed by atoms with Gasteiger partial charge in [-0.2, -0.15) is 0 Å². The van der Waals surface area contributed by atoms with Crippen molar-refractivity contribution in [1.29, 1.82) is 0 Å². The van der Waals surface area contributed by atoms with Crippen LogP contribution >= 0.6 is 15.9 Å². The Morgan fingerprint density at radius 1 is 0.846 bits per heavy atom. The first kappa shape index (κ1) is 22.3. The molecule has 144 valence electrons. The summed E-state index contributed by atoms with van der Waals surface area (Å²) in [4.78, 5) is 41.9. The summed E-state index contributed by atoms with van der Waals surface area (Å²) in [6.45, 7) is 5.14. The second-order valence-corrected chi connectivity index (χ2v) is 6.65. The summed E-state index contributed by atoms with van der Waals surface area (Å²) in [6.07, 6.45) is 5.53. The molecule has 0 N–H and O–H groups in total. The van der Waals surface area contributed by atoms with E-state index in [2.05, 4.69) is 15.9 Å². The molecular weight excluding hydrogens is 404 g/mol. The average Bonchev–Trinajstić information content (AvgIpc) is 3.27. The molecule has 0 aromatic heterocycles. The first-order chi connectivity index (χ1) is 12.4. The first-order valence-electron chi connectivity index (χ1n) is 8.81. The van der Waals surface area contributed by atoms with E-state index in [9.17, 15) is 19.2 Å². The summed E-state index contributed by atoms with van der Waals surface area (Å²) in [5.74, 6) is 2.21. The van der Waals surface area contributed by atoms with Crippen molar-refractivity contribution in [2.45, 2.75) is 58.8 Å². The fourth-order valence-electron chi connectivity index (χ4n) is 2.46. The molecule has 0 atom stereocenters. The van der Waals surface area contributed by atoms with Gasteiger partial charge < -0.3 is 9.47 Å². The Morgan fingerprint density at radius 2 is 1.46 bits per heavy atom. The van der Waals surface area contributed by atoms with E-state index in [4.69, 9.17) is 9.47 Å². The van der Waals surface area contributed by atoms with E-state index in [1.807, 2.05) is 13.8 Å². The van der Waals surface area contributed by atoms with E-state index < -0.39 is 0 Å². The molecule has 3 aliphatic rings. The van der Waals surface area contributed by atoms with Gasteiger partial charge in [0, 0.05) is 44.6 Å². The molecule has 0 bridgehead atoms. The fraction of sp³-hybridized carbons (Fsp3) is 0.579. The highest BCUT2D eigenvalue weighted by Gasteiger charge is 2.21. The first-order valence-corrected chi connectivity index (χ1v) is 9.60. The van der Waals surface area contributed by atoms with Gasteiger partial charge in [0.2, 0.25) is 0 Å². The number of ether oxygens (including phenoxy) is 2. The average molecular weight is 429 g/mol. The summed E-state index contributed by atoms with van der Waals surface area (Å²) in [7, 11) is 0. The van der Waals surface area contributed by atoms with Crippen LogP contribution in [0.2, 0.25) is 0 Å². The topological polar surface area (TPSA) is 86.7 Å². The van der Waals surface area contributed by atoms with Gasteiger partial charge in [-0.1, -0.05) is 0 Å². The number of rotatable bonds is 4. The minimum atomic E-state index is 0.102. The Morgan fingerprint density at radius 3 is 1.81 bits per heavy atom. The van der Waals surface area contributed by atoms with Crippen molar-refractivity contribution in [3.05, 3.63) is 22.1 Å². The largest absolute Gasteiger partial charge is 0.498 e. The minimum Gasteiger partial charge on any atom is -0.498 e. The molecule has 0 spiro atoms. The van der Waals surface area contributed by atoms with Crippen LogP contribution in [0.4, 0.5) is 0 Å². The standard InChI is InChI=1S/C7H9BrO2.C7H10O2.C5H6O2/c1-2-10-6-4-3-5(9)7(6)8;1-2-9-7-4-3-6(8)5-7;6-4-1-2-5(7)3-4/h2-4H2,1H3;5H,2-4H2,1H3;1-3H2. The van der Waals surface area contributed by atoms with E-state index in [-0.39, 0.29) is 29.6 Å². The lowest BCUT2D eigenvalue weighted by Crippen LogP contribution is -1.90. The highest BCUT2D eigenvalue weighted by molar-refractivity contribution is 9.12. The fourth-order valence-corrected chi connectivity index (χ4v) is 2.97. The zero-order valence-electron chi connectivity index (χ0n) is 15.3. The predicted molar refractivity (Wildman–Crippen MR) is 99.6 cm³/mol. The molecule has 6 nitrogen and oxygen atoms in total. The molecule has 0 aliphatic heterocycles. The molecule has 3 rings (SSSR count). The van der Waals surface area contributed by atoms with Gasteiger partial charge in [-0.15, -0.1) is 0 Å². The summed E-state index contributed by atoms with van der Waals surface area (Å²) < 4.78 is 10.9. The zero-order chi connectivity index (χ0) is 19.5. The Hall–Kier alpha value is -1.76. The second kappa shape index (κ2) is 11.8. The highest BCUT2D eigenvalue weighted by Crippen LogP contribution is 2.27. The maximum atomic E-state index is 10.9. The molecule has 0 aromatic carbocycles. The molecule has 0 amide bonds. The Kier molecular flexibility index (Phi) is 10.1. The summed E-state index contributed by atoms with van der Waals surface area (Å²) >= 11 is 3.18. The van der Waals surface area contributed by atoms with Crippen LogP contribution in [-0.4, -0.2) is 36.3 Å². The molecule has 0 aromatic rings. The van der Waals surface area contributed by atoms with Crippen LogP contribution in [0.5, 0.6) is 0 Å². The van der Waals surface area contributed by atoms with Crippen LogP contribution < -0.4 is 0 Å². The molecule has 26 heavy (non-hydrogen) atoms. The number of carbonyl (C=O) groups is 4. The van der Waals surface area contributed by atoms with Crippen LogP contribution in [-0.2, 0) is 28.7 Å². The smallest absolute Gasteiger partial charge is 0.173 e. The third-order valence-electron chi connectivity index (χ3n) is 3.73. The van der Waals surface area contributed by atoms with Gasteiger partial charge in [0.15, 0.2) is 11.6 Å².